The first-order chi connectivity index (χ1) is 4.33. The van der Waals surface area contributed by atoms with Gasteiger partial charge in [-0.25, -0.2) is 4.79 Å². The molecule has 0 aromatic carbocycles. The zero-order valence-corrected chi connectivity index (χ0v) is 6.56. The molecule has 10 heavy (non-hydrogen) atoms. The van der Waals surface area contributed by atoms with Crippen LogP contribution in [-0.2, 0) is 19.1 Å². The zero-order chi connectivity index (χ0) is 8.36. The summed E-state index contributed by atoms with van der Waals surface area (Å²) in [6, 6.07) is 0. The second-order valence-electron chi connectivity index (χ2n) is 1.86. The molecule has 4 nitrogen and oxygen atoms in total. The van der Waals surface area contributed by atoms with E-state index in [1.54, 1.807) is 0 Å². The van der Waals surface area contributed by atoms with Crippen LogP contribution in [0.15, 0.2) is 12.2 Å². The molecule has 0 rings (SSSR count). The van der Waals surface area contributed by atoms with Crippen molar-refractivity contribution in [2.24, 2.45) is 0 Å². The fourth-order valence-corrected chi connectivity index (χ4v) is 0.626. The van der Waals surface area contributed by atoms with E-state index in [0.29, 0.717) is 0 Å². The lowest BCUT2D eigenvalue weighted by atomic mass is 10.4. The summed E-state index contributed by atoms with van der Waals surface area (Å²) in [6.45, 7) is 4.57. The Balaban J connectivity index is 4.21. The molecule has 0 N–H and O–H groups in total. The van der Waals surface area contributed by atoms with E-state index in [-0.39, 0.29) is 5.57 Å². The summed E-state index contributed by atoms with van der Waals surface area (Å²) in [5, 5.41) is 0. The highest BCUT2D eigenvalue weighted by molar-refractivity contribution is 7.86. The SMILES string of the molecule is C=C(C)C(=O)OS(C)(=O)=O. The van der Waals surface area contributed by atoms with Crippen molar-refractivity contribution < 1.29 is 17.4 Å². The average molecular weight is 164 g/mol. The summed E-state index contributed by atoms with van der Waals surface area (Å²) in [4.78, 5) is 10.5. The first-order valence-electron chi connectivity index (χ1n) is 2.42. The molecule has 0 fully saturated rings. The van der Waals surface area contributed by atoms with Crippen LogP contribution in [0, 0.1) is 0 Å². The van der Waals surface area contributed by atoms with Crippen molar-refractivity contribution in [3.8, 4) is 0 Å². The molecular formula is C5H8O4S. The summed E-state index contributed by atoms with van der Waals surface area (Å²) < 4.78 is 24.5. The lowest BCUT2D eigenvalue weighted by Gasteiger charge is -1.97. The molecule has 0 bridgehead atoms. The maximum atomic E-state index is 10.5. The van der Waals surface area contributed by atoms with Crippen molar-refractivity contribution in [3.63, 3.8) is 0 Å². The molecule has 0 radical (unpaired) electrons. The highest BCUT2D eigenvalue weighted by Gasteiger charge is 2.10. The quantitative estimate of drug-likeness (QED) is 0.428. The molecule has 0 saturated heterocycles. The van der Waals surface area contributed by atoms with Crippen LogP contribution in [0.1, 0.15) is 6.92 Å². The molecule has 5 heteroatoms. The average Bonchev–Trinajstić information content (AvgIpc) is 1.60. The van der Waals surface area contributed by atoms with Gasteiger partial charge in [-0.3, -0.25) is 0 Å². The van der Waals surface area contributed by atoms with Crippen molar-refractivity contribution in [2.45, 2.75) is 6.92 Å². The second kappa shape index (κ2) is 2.83. The van der Waals surface area contributed by atoms with Gasteiger partial charge in [-0.15, -0.1) is 0 Å². The van der Waals surface area contributed by atoms with E-state index < -0.39 is 16.1 Å². The number of carbonyl (C=O) groups excluding carboxylic acids is 1. The summed E-state index contributed by atoms with van der Waals surface area (Å²) in [5.74, 6) is -0.914. The smallest absolute Gasteiger partial charge is 0.342 e. The van der Waals surface area contributed by atoms with Gasteiger partial charge in [-0.1, -0.05) is 6.58 Å². The number of carbonyl (C=O) groups is 1. The van der Waals surface area contributed by atoms with Crippen LogP contribution in [0.4, 0.5) is 0 Å². The minimum atomic E-state index is -3.68. The van der Waals surface area contributed by atoms with Crippen LogP contribution in [-0.4, -0.2) is 20.6 Å². The Hall–Kier alpha value is -0.840. The third-order valence-electron chi connectivity index (χ3n) is 0.576. The third-order valence-corrected chi connectivity index (χ3v) is 1.03. The normalized spacial score (nSPS) is 10.6. The number of hydrogen-bond acceptors (Lipinski definition) is 4. The van der Waals surface area contributed by atoms with E-state index in [1.165, 1.54) is 6.92 Å². The van der Waals surface area contributed by atoms with Crippen LogP contribution in [0.2, 0.25) is 0 Å². The molecule has 0 aromatic heterocycles. The Bertz CT molecular complexity index is 249. The van der Waals surface area contributed by atoms with E-state index in [4.69, 9.17) is 0 Å². The Morgan fingerprint density at radius 1 is 1.50 bits per heavy atom. The van der Waals surface area contributed by atoms with Gasteiger partial charge in [0.15, 0.2) is 0 Å². The first kappa shape index (κ1) is 9.16. The number of hydrogen-bond donors (Lipinski definition) is 0. The van der Waals surface area contributed by atoms with Crippen molar-refractivity contribution in [1.82, 2.24) is 0 Å². The molecule has 0 aromatic rings. The van der Waals surface area contributed by atoms with Crippen molar-refractivity contribution in [1.29, 1.82) is 0 Å². The Morgan fingerprint density at radius 3 is 2.00 bits per heavy atom. The summed E-state index contributed by atoms with van der Waals surface area (Å²) in [6.07, 6.45) is 0.799. The second-order valence-corrected chi connectivity index (χ2v) is 3.43. The van der Waals surface area contributed by atoms with Crippen LogP contribution in [0.3, 0.4) is 0 Å². The zero-order valence-electron chi connectivity index (χ0n) is 5.75. The molecule has 0 aliphatic heterocycles. The summed E-state index contributed by atoms with van der Waals surface area (Å²) >= 11 is 0. The topological polar surface area (TPSA) is 60.4 Å². The molecule has 58 valence electrons. The molecule has 0 amide bonds. The van der Waals surface area contributed by atoms with Crippen molar-refractivity contribution in [2.75, 3.05) is 6.26 Å². The largest absolute Gasteiger partial charge is 0.348 e. The highest BCUT2D eigenvalue weighted by Crippen LogP contribution is 1.95. The molecule has 0 atom stereocenters. The van der Waals surface area contributed by atoms with Crippen LogP contribution in [0.25, 0.3) is 0 Å². The molecule has 0 unspecified atom stereocenters. The van der Waals surface area contributed by atoms with E-state index in [2.05, 4.69) is 10.8 Å². The van der Waals surface area contributed by atoms with Gasteiger partial charge in [0.25, 0.3) is 0 Å². The molecular weight excluding hydrogens is 156 g/mol. The third kappa shape index (κ3) is 4.08. The van der Waals surface area contributed by atoms with Crippen LogP contribution < -0.4 is 0 Å². The van der Waals surface area contributed by atoms with Gasteiger partial charge < -0.3 is 4.18 Å². The number of rotatable bonds is 2. The van der Waals surface area contributed by atoms with E-state index in [9.17, 15) is 13.2 Å². The standard InChI is InChI=1S/C5H8O4S/c1-4(2)5(6)9-10(3,7)8/h1H2,2-3H3. The Labute approximate surface area is 59.6 Å². The molecule has 0 heterocycles. The lowest BCUT2D eigenvalue weighted by molar-refractivity contribution is -0.129. The molecule has 0 spiro atoms. The van der Waals surface area contributed by atoms with Gasteiger partial charge in [0.2, 0.25) is 0 Å². The lowest BCUT2D eigenvalue weighted by Crippen LogP contribution is -2.11. The first-order valence-corrected chi connectivity index (χ1v) is 4.24. The summed E-state index contributed by atoms with van der Waals surface area (Å²) in [5.41, 5.74) is 0.0606. The Morgan fingerprint density at radius 2 is 1.90 bits per heavy atom. The fourth-order valence-electron chi connectivity index (χ4n) is 0.209. The molecule has 0 aliphatic rings. The van der Waals surface area contributed by atoms with Gasteiger partial charge >= 0.3 is 16.1 Å². The van der Waals surface area contributed by atoms with Gasteiger partial charge in [-0.2, -0.15) is 8.42 Å². The van der Waals surface area contributed by atoms with Crippen molar-refractivity contribution in [3.05, 3.63) is 12.2 Å². The summed E-state index contributed by atoms with van der Waals surface area (Å²) in [7, 11) is -3.68. The Kier molecular flexibility index (Phi) is 2.59. The highest BCUT2D eigenvalue weighted by atomic mass is 32.2. The minimum Gasteiger partial charge on any atom is -0.342 e. The van der Waals surface area contributed by atoms with Gasteiger partial charge in [0, 0.05) is 5.57 Å². The van der Waals surface area contributed by atoms with E-state index >= 15 is 0 Å². The van der Waals surface area contributed by atoms with Gasteiger partial charge in [0.05, 0.1) is 6.26 Å². The predicted octanol–water partition coefficient (Wildman–Crippen LogP) is 0.0653. The maximum Gasteiger partial charge on any atom is 0.348 e. The van der Waals surface area contributed by atoms with E-state index in [1.807, 2.05) is 0 Å². The van der Waals surface area contributed by atoms with Gasteiger partial charge in [0.1, 0.15) is 0 Å². The van der Waals surface area contributed by atoms with Crippen molar-refractivity contribution >= 4 is 16.1 Å². The van der Waals surface area contributed by atoms with Gasteiger partial charge in [-0.05, 0) is 6.92 Å². The minimum absolute atomic E-state index is 0.0606. The predicted molar refractivity (Wildman–Crippen MR) is 35.7 cm³/mol. The monoisotopic (exact) mass is 164 g/mol. The molecule has 0 saturated carbocycles. The fraction of sp³-hybridized carbons (Fsp3) is 0.400. The molecule has 0 aliphatic carbocycles. The van der Waals surface area contributed by atoms with E-state index in [0.717, 1.165) is 6.26 Å². The van der Waals surface area contributed by atoms with Crippen LogP contribution >= 0.6 is 0 Å². The van der Waals surface area contributed by atoms with Crippen LogP contribution in [0.5, 0.6) is 0 Å². The maximum absolute atomic E-state index is 10.5.